The van der Waals surface area contributed by atoms with Gasteiger partial charge in [0, 0.05) is 119 Å². The number of carbonyl (C=O) groups excluding carboxylic acids is 1. The van der Waals surface area contributed by atoms with Crippen molar-refractivity contribution in [3.63, 3.8) is 0 Å². The first-order valence-corrected chi connectivity index (χ1v) is 38.1. The number of hydrogen-bond donors (Lipinski definition) is 6. The first kappa shape index (κ1) is 80.0. The third-order valence-corrected chi connectivity index (χ3v) is 21.9. The number of nitrogens with one attached hydrogen (secondary N) is 3. The van der Waals surface area contributed by atoms with Gasteiger partial charge in [0.1, 0.15) is 34.3 Å². The summed E-state index contributed by atoms with van der Waals surface area (Å²) in [6.07, 6.45) is 4.32. The standard InChI is InChI=1S/C47H51F3N6O7S.C11H15N3O5S.C6H5FN2O4S.C5H11NO/c1-30-20-34(47(48,49)50)4-7-38(30)40-24-46(2,3)13-10-33(40)27-54-15-17-55(18-16-54)35-5-8-39(44(22-35)63-36-21-32-11-14-51-45(32)53-26-36)43(57)29-64(60,61)37-6-9-41(42(23-37)56(58)59)52-25-31-12-19-62-28-31;12-20(17,18)9-1-2-10(11(5-9)14(15)16)13-6-8-3-4-19-7-8;7-5-2-1-4(14(8,12)13)3-6(5)9(10)11;6-3-5-1-2-7-4-5/h4-9,11,14,20-23,26,31,52H,10,12-13,15-19,24-25,27-29H2,1-3H3,(H,51,53);1-2,5,8,13H,3-4,6-7H2,(H2,12,17,18);1-3H,(H2,8,12,13);5H,1-4,6H2/t31-;8-;;5-/m00.0/s1. The largest absolute Gasteiger partial charge is 0.455 e. The van der Waals surface area contributed by atoms with Crippen LogP contribution in [0.3, 0.4) is 0 Å². The fourth-order valence-electron chi connectivity index (χ4n) is 12.4. The number of H-pyrrole nitrogens is 1. The second kappa shape index (κ2) is 34.4. The van der Waals surface area contributed by atoms with Crippen LogP contribution in [0.5, 0.6) is 11.5 Å². The number of ketones is 1. The summed E-state index contributed by atoms with van der Waals surface area (Å²) in [4.78, 5) is 55.8. The van der Waals surface area contributed by atoms with Crippen molar-refractivity contribution in [3.05, 3.63) is 180 Å². The number of hydrogen-bond acceptors (Lipinski definition) is 23. The number of nitro groups is 3. The predicted octanol–water partition coefficient (Wildman–Crippen LogP) is 10.5. The van der Waals surface area contributed by atoms with E-state index >= 15 is 0 Å². The van der Waals surface area contributed by atoms with E-state index in [1.807, 2.05) is 6.07 Å². The highest BCUT2D eigenvalue weighted by molar-refractivity contribution is 7.92. The lowest BCUT2D eigenvalue weighted by molar-refractivity contribution is -0.387. The minimum Gasteiger partial charge on any atom is -0.455 e. The highest BCUT2D eigenvalue weighted by Gasteiger charge is 2.35. The Bertz CT molecular complexity index is 4710. The van der Waals surface area contributed by atoms with Crippen LogP contribution < -0.4 is 36.3 Å². The number of fused-ring (bicyclic) bond motifs is 1. The third kappa shape index (κ3) is 21.8. The zero-order valence-electron chi connectivity index (χ0n) is 57.6. The van der Waals surface area contributed by atoms with Gasteiger partial charge in [0.15, 0.2) is 15.6 Å². The van der Waals surface area contributed by atoms with E-state index in [2.05, 4.69) is 44.2 Å². The quantitative estimate of drug-likeness (QED) is 0.0159. The molecule has 4 saturated heterocycles. The van der Waals surface area contributed by atoms with E-state index in [0.29, 0.717) is 113 Å². The molecule has 4 aliphatic heterocycles. The molecular weight excluding hydrogens is 1440 g/mol. The fraction of sp³-hybridized carbons (Fsp3) is 0.420. The van der Waals surface area contributed by atoms with Crippen LogP contribution in [0.15, 0.2) is 136 Å². The first-order chi connectivity index (χ1) is 49.5. The lowest BCUT2D eigenvalue weighted by Crippen LogP contribution is -2.47. The number of pyridine rings is 1. The number of aryl methyl sites for hydroxylation is 1. The molecule has 105 heavy (non-hydrogen) atoms. The minimum atomic E-state index is -4.41. The Hall–Kier alpha value is -9.11. The number of benzene rings is 5. The molecule has 0 amide bonds. The zero-order chi connectivity index (χ0) is 76.2. The van der Waals surface area contributed by atoms with E-state index in [0.717, 1.165) is 98.7 Å². The molecule has 5 aliphatic rings. The van der Waals surface area contributed by atoms with Crippen LogP contribution in [0.1, 0.15) is 79.4 Å². The number of anilines is 3. The van der Waals surface area contributed by atoms with Crippen LogP contribution in [-0.2, 0) is 50.3 Å². The number of halogens is 4. The molecule has 0 spiro atoms. The van der Waals surface area contributed by atoms with E-state index in [9.17, 15) is 78.0 Å². The number of piperazine rings is 1. The Kier molecular flexibility index (Phi) is 26.2. The van der Waals surface area contributed by atoms with Crippen molar-refractivity contribution in [3.8, 4) is 11.5 Å². The number of aromatic amines is 1. The van der Waals surface area contributed by atoms with Gasteiger partial charge in [-0.15, -0.1) is 0 Å². The van der Waals surface area contributed by atoms with Crippen LogP contribution in [0.2, 0.25) is 0 Å². The van der Waals surface area contributed by atoms with Crippen molar-refractivity contribution in [1.82, 2.24) is 14.9 Å². The summed E-state index contributed by atoms with van der Waals surface area (Å²) >= 11 is 0. The van der Waals surface area contributed by atoms with E-state index in [4.69, 9.17) is 35.0 Å². The summed E-state index contributed by atoms with van der Waals surface area (Å²) in [5.74, 6) is -1.23. The van der Waals surface area contributed by atoms with Gasteiger partial charge in [-0.2, -0.15) is 17.6 Å². The maximum atomic E-state index is 14.0. The van der Waals surface area contributed by atoms with E-state index in [1.165, 1.54) is 48.2 Å². The molecule has 1 aliphatic carbocycles. The van der Waals surface area contributed by atoms with E-state index in [1.54, 1.807) is 43.5 Å². The topological polar surface area (TPSA) is 423 Å². The number of nitro benzene ring substituents is 3. The Morgan fingerprint density at radius 2 is 1.27 bits per heavy atom. The number of aromatic nitrogens is 2. The summed E-state index contributed by atoms with van der Waals surface area (Å²) < 4.78 is 147. The molecule has 4 fully saturated rings. The van der Waals surface area contributed by atoms with Crippen LogP contribution in [0.25, 0.3) is 16.6 Å². The molecule has 36 heteroatoms. The highest BCUT2D eigenvalue weighted by atomic mass is 32.2. The Balaban J connectivity index is 0.000000249. The van der Waals surface area contributed by atoms with Crippen molar-refractivity contribution in [2.45, 2.75) is 80.2 Å². The molecule has 0 bridgehead atoms. The van der Waals surface area contributed by atoms with Crippen molar-refractivity contribution in [2.24, 2.45) is 39.2 Å². The SMILES string of the molecule is Cc1cc(C(F)(F)F)ccc1C1=C(CN2CCN(c3ccc(C(=O)CS(=O)(=O)c4ccc(NC[C@@H]5CCOC5)c([N+](=O)[O-])c4)c(Oc4cnc5[nH]ccc5c4)c3)CC2)CCC(C)(C)C1.NC[C@@H]1CCOC1.NS(=O)(=O)c1ccc(F)c([N+](=O)[O-])c1.NS(=O)(=O)c1ccc(NC[C@@H]2CCOC2)c([N+](=O)[O-])c1. The van der Waals surface area contributed by atoms with Gasteiger partial charge in [0.05, 0.1) is 66.6 Å². The number of ether oxygens (including phenoxy) is 4. The molecule has 12 rings (SSSR count). The smallest absolute Gasteiger partial charge is 0.416 e. The van der Waals surface area contributed by atoms with Gasteiger partial charge >= 0.3 is 11.9 Å². The molecule has 3 atom stereocenters. The normalized spacial score (nSPS) is 18.4. The number of primary sulfonamides is 2. The molecule has 0 unspecified atom stereocenters. The monoisotopic (exact) mass is 1520 g/mol. The minimum absolute atomic E-state index is 0.0162. The molecular formula is C69H82F4N12O17S3. The van der Waals surface area contributed by atoms with Gasteiger partial charge in [-0.3, -0.25) is 40.0 Å². The van der Waals surface area contributed by atoms with Crippen LogP contribution in [0.4, 0.5) is 51.7 Å². The van der Waals surface area contributed by atoms with Crippen molar-refractivity contribution >= 4 is 86.4 Å². The summed E-state index contributed by atoms with van der Waals surface area (Å²) in [6.45, 7) is 15.5. The molecule has 566 valence electrons. The summed E-state index contributed by atoms with van der Waals surface area (Å²) in [5, 5.41) is 49.7. The summed E-state index contributed by atoms with van der Waals surface area (Å²) in [5.41, 5.74) is 8.79. The lowest BCUT2D eigenvalue weighted by atomic mass is 9.72. The first-order valence-electron chi connectivity index (χ1n) is 33.4. The number of nitrogens with two attached hydrogens (primary N) is 3. The molecule has 7 aromatic rings. The molecule has 6 heterocycles. The number of sulfone groups is 1. The van der Waals surface area contributed by atoms with Gasteiger partial charge in [-0.25, -0.2) is 40.5 Å². The second-order valence-corrected chi connectivity index (χ2v) is 31.9. The van der Waals surface area contributed by atoms with Crippen LogP contribution in [0, 0.1) is 66.3 Å². The van der Waals surface area contributed by atoms with Crippen molar-refractivity contribution in [2.75, 3.05) is 113 Å². The molecule has 29 nitrogen and oxygen atoms in total. The third-order valence-electron chi connectivity index (χ3n) is 18.4. The summed E-state index contributed by atoms with van der Waals surface area (Å²) in [6, 6.07) is 21.9. The Morgan fingerprint density at radius 1 is 0.714 bits per heavy atom. The summed E-state index contributed by atoms with van der Waals surface area (Å²) in [7, 11) is -12.4. The van der Waals surface area contributed by atoms with Gasteiger partial charge in [0.2, 0.25) is 25.9 Å². The average molecular weight is 1520 g/mol. The number of alkyl halides is 3. The van der Waals surface area contributed by atoms with Gasteiger partial charge in [0.25, 0.3) is 11.4 Å². The van der Waals surface area contributed by atoms with Gasteiger partial charge in [-0.05, 0) is 153 Å². The molecule has 2 aromatic heterocycles. The molecule has 0 radical (unpaired) electrons. The maximum absolute atomic E-state index is 14.0. The molecule has 0 saturated carbocycles. The molecule has 5 aromatic carbocycles. The van der Waals surface area contributed by atoms with Crippen molar-refractivity contribution < 1.29 is 81.3 Å². The Morgan fingerprint density at radius 3 is 1.79 bits per heavy atom. The van der Waals surface area contributed by atoms with Gasteiger partial charge < -0.3 is 45.2 Å². The molecule has 9 N–H and O–H groups in total. The number of sulfonamides is 2. The fourth-order valence-corrected chi connectivity index (χ4v) is 14.7. The maximum Gasteiger partial charge on any atom is 0.416 e. The van der Waals surface area contributed by atoms with Crippen LogP contribution in [-0.4, -0.2) is 158 Å². The van der Waals surface area contributed by atoms with Gasteiger partial charge in [-0.1, -0.05) is 25.5 Å². The zero-order valence-corrected chi connectivity index (χ0v) is 60.1. The number of nitrogens with zero attached hydrogens (tertiary/aromatic N) is 6. The average Bonchev–Trinajstić information content (AvgIpc) is 1.51. The van der Waals surface area contributed by atoms with E-state index in [-0.39, 0.29) is 49.5 Å². The Labute approximate surface area is 603 Å². The van der Waals surface area contributed by atoms with Crippen LogP contribution >= 0.6 is 0 Å². The number of carbonyl (C=O) groups is 1. The number of allylic oxidation sites excluding steroid dienone is 1. The highest BCUT2D eigenvalue weighted by Crippen LogP contribution is 2.45. The second-order valence-electron chi connectivity index (χ2n) is 26.8. The number of Topliss-reactive ketones (excluding diaryl/α,β-unsaturated/α-hetero) is 1. The lowest BCUT2D eigenvalue weighted by Gasteiger charge is -2.39. The predicted molar refractivity (Wildman–Crippen MR) is 383 cm³/mol. The number of rotatable bonds is 22. The van der Waals surface area contributed by atoms with E-state index < -0.39 is 90.0 Å². The van der Waals surface area contributed by atoms with Crippen molar-refractivity contribution in [1.29, 1.82) is 0 Å².